The first-order chi connectivity index (χ1) is 10.7. The Hall–Kier alpha value is -2.29. The highest BCUT2D eigenvalue weighted by Crippen LogP contribution is 2.18. The third-order valence-corrected chi connectivity index (χ3v) is 3.76. The molecule has 1 amide bonds. The standard InChI is InChI=1S/C19H23NO2/c1-15(17-6-4-3-5-7-17)14-19(21)20-13-12-16-8-10-18(22-2)11-9-16/h3-11,15H,12-14H2,1-2H3,(H,20,21). The molecule has 0 aliphatic carbocycles. The van der Waals surface area contributed by atoms with Crippen molar-refractivity contribution in [3.05, 3.63) is 65.7 Å². The van der Waals surface area contributed by atoms with E-state index >= 15 is 0 Å². The largest absolute Gasteiger partial charge is 0.497 e. The quantitative estimate of drug-likeness (QED) is 0.849. The lowest BCUT2D eigenvalue weighted by Crippen LogP contribution is -2.26. The first-order valence-corrected chi connectivity index (χ1v) is 7.63. The molecule has 1 unspecified atom stereocenters. The predicted octanol–water partition coefficient (Wildman–Crippen LogP) is 3.55. The lowest BCUT2D eigenvalue weighted by atomic mass is 9.97. The Kier molecular flexibility index (Phi) is 6.01. The van der Waals surface area contributed by atoms with Gasteiger partial charge in [0, 0.05) is 13.0 Å². The molecule has 2 aromatic carbocycles. The van der Waals surface area contributed by atoms with E-state index in [-0.39, 0.29) is 11.8 Å². The van der Waals surface area contributed by atoms with Crippen molar-refractivity contribution in [2.75, 3.05) is 13.7 Å². The highest BCUT2D eigenvalue weighted by molar-refractivity contribution is 5.76. The predicted molar refractivity (Wildman–Crippen MR) is 89.2 cm³/mol. The van der Waals surface area contributed by atoms with Gasteiger partial charge in [0.2, 0.25) is 5.91 Å². The summed E-state index contributed by atoms with van der Waals surface area (Å²) in [6, 6.07) is 18.1. The van der Waals surface area contributed by atoms with E-state index < -0.39 is 0 Å². The normalized spacial score (nSPS) is 11.7. The van der Waals surface area contributed by atoms with Crippen molar-refractivity contribution in [1.29, 1.82) is 0 Å². The average Bonchev–Trinajstić information content (AvgIpc) is 2.56. The maximum absolute atomic E-state index is 12.0. The second kappa shape index (κ2) is 8.23. The molecule has 0 spiro atoms. The van der Waals surface area contributed by atoms with Gasteiger partial charge >= 0.3 is 0 Å². The van der Waals surface area contributed by atoms with Crippen molar-refractivity contribution in [1.82, 2.24) is 5.32 Å². The monoisotopic (exact) mass is 297 g/mol. The number of rotatable bonds is 7. The van der Waals surface area contributed by atoms with Crippen LogP contribution in [0.15, 0.2) is 54.6 Å². The van der Waals surface area contributed by atoms with Gasteiger partial charge < -0.3 is 10.1 Å². The van der Waals surface area contributed by atoms with Crippen LogP contribution in [0.1, 0.15) is 30.4 Å². The maximum Gasteiger partial charge on any atom is 0.220 e. The van der Waals surface area contributed by atoms with Crippen LogP contribution >= 0.6 is 0 Å². The molecule has 22 heavy (non-hydrogen) atoms. The van der Waals surface area contributed by atoms with Gasteiger partial charge in [-0.3, -0.25) is 4.79 Å². The first kappa shape index (κ1) is 16.1. The van der Waals surface area contributed by atoms with E-state index in [1.807, 2.05) is 42.5 Å². The number of carbonyl (C=O) groups is 1. The summed E-state index contributed by atoms with van der Waals surface area (Å²) >= 11 is 0. The zero-order chi connectivity index (χ0) is 15.8. The smallest absolute Gasteiger partial charge is 0.220 e. The third-order valence-electron chi connectivity index (χ3n) is 3.76. The Morgan fingerprint density at radius 3 is 2.41 bits per heavy atom. The van der Waals surface area contributed by atoms with Crippen molar-refractivity contribution in [2.45, 2.75) is 25.7 Å². The molecule has 0 heterocycles. The number of hydrogen-bond donors (Lipinski definition) is 1. The van der Waals surface area contributed by atoms with Gasteiger partial charge in [0.1, 0.15) is 5.75 Å². The minimum atomic E-state index is 0.102. The van der Waals surface area contributed by atoms with E-state index in [0.717, 1.165) is 12.2 Å². The lowest BCUT2D eigenvalue weighted by Gasteiger charge is -2.12. The van der Waals surface area contributed by atoms with Gasteiger partial charge in [-0.2, -0.15) is 0 Å². The van der Waals surface area contributed by atoms with Gasteiger partial charge in [-0.25, -0.2) is 0 Å². The number of nitrogens with one attached hydrogen (secondary N) is 1. The van der Waals surface area contributed by atoms with Gasteiger partial charge in [-0.15, -0.1) is 0 Å². The molecule has 1 atom stereocenters. The van der Waals surface area contributed by atoms with Crippen LogP contribution in [-0.2, 0) is 11.2 Å². The van der Waals surface area contributed by atoms with Crippen molar-refractivity contribution in [2.24, 2.45) is 0 Å². The maximum atomic E-state index is 12.0. The molecule has 2 aromatic rings. The van der Waals surface area contributed by atoms with Crippen LogP contribution in [0.3, 0.4) is 0 Å². The second-order valence-electron chi connectivity index (χ2n) is 5.46. The van der Waals surface area contributed by atoms with Gasteiger partial charge in [0.05, 0.1) is 7.11 Å². The Morgan fingerprint density at radius 1 is 1.09 bits per heavy atom. The molecule has 116 valence electrons. The Balaban J connectivity index is 1.73. The molecule has 0 bridgehead atoms. The minimum absolute atomic E-state index is 0.102. The number of hydrogen-bond acceptors (Lipinski definition) is 2. The van der Waals surface area contributed by atoms with Crippen molar-refractivity contribution >= 4 is 5.91 Å². The van der Waals surface area contributed by atoms with Crippen LogP contribution in [0, 0.1) is 0 Å². The summed E-state index contributed by atoms with van der Waals surface area (Å²) in [5, 5.41) is 2.99. The van der Waals surface area contributed by atoms with E-state index in [1.54, 1.807) is 7.11 Å². The van der Waals surface area contributed by atoms with Crippen LogP contribution in [0.25, 0.3) is 0 Å². The summed E-state index contributed by atoms with van der Waals surface area (Å²) in [6.45, 7) is 2.74. The highest BCUT2D eigenvalue weighted by Gasteiger charge is 2.10. The van der Waals surface area contributed by atoms with E-state index in [9.17, 15) is 4.79 Å². The van der Waals surface area contributed by atoms with Gasteiger partial charge in [-0.1, -0.05) is 49.4 Å². The summed E-state index contributed by atoms with van der Waals surface area (Å²) in [7, 11) is 1.66. The topological polar surface area (TPSA) is 38.3 Å². The molecule has 0 aliphatic heterocycles. The molecule has 0 aromatic heterocycles. The number of benzene rings is 2. The van der Waals surface area contributed by atoms with Crippen LogP contribution < -0.4 is 10.1 Å². The zero-order valence-corrected chi connectivity index (χ0v) is 13.2. The number of amides is 1. The second-order valence-corrected chi connectivity index (χ2v) is 5.46. The molecule has 0 saturated heterocycles. The Bertz CT molecular complexity index is 578. The van der Waals surface area contributed by atoms with Gasteiger partial charge in [0.15, 0.2) is 0 Å². The summed E-state index contributed by atoms with van der Waals surface area (Å²) in [5.41, 5.74) is 2.39. The van der Waals surface area contributed by atoms with Crippen LogP contribution in [-0.4, -0.2) is 19.6 Å². The molecule has 0 saturated carbocycles. The van der Waals surface area contributed by atoms with E-state index in [4.69, 9.17) is 4.74 Å². The van der Waals surface area contributed by atoms with E-state index in [1.165, 1.54) is 11.1 Å². The zero-order valence-electron chi connectivity index (χ0n) is 13.2. The van der Waals surface area contributed by atoms with E-state index in [2.05, 4.69) is 24.4 Å². The summed E-state index contributed by atoms with van der Waals surface area (Å²) in [4.78, 5) is 12.0. The van der Waals surface area contributed by atoms with Gasteiger partial charge in [0.25, 0.3) is 0 Å². The molecule has 0 fully saturated rings. The van der Waals surface area contributed by atoms with Crippen LogP contribution in [0.2, 0.25) is 0 Å². The molecule has 3 heteroatoms. The lowest BCUT2D eigenvalue weighted by molar-refractivity contribution is -0.121. The summed E-state index contributed by atoms with van der Waals surface area (Å²) in [5.74, 6) is 1.19. The van der Waals surface area contributed by atoms with E-state index in [0.29, 0.717) is 13.0 Å². The average molecular weight is 297 g/mol. The van der Waals surface area contributed by atoms with Crippen molar-refractivity contribution in [3.8, 4) is 5.75 Å². The molecule has 0 radical (unpaired) electrons. The molecular formula is C19H23NO2. The molecule has 0 aliphatic rings. The summed E-state index contributed by atoms with van der Waals surface area (Å²) in [6.07, 6.45) is 1.35. The molecule has 2 rings (SSSR count). The molecular weight excluding hydrogens is 274 g/mol. The fourth-order valence-electron chi connectivity index (χ4n) is 2.39. The number of methoxy groups -OCH3 is 1. The highest BCUT2D eigenvalue weighted by atomic mass is 16.5. The fourth-order valence-corrected chi connectivity index (χ4v) is 2.39. The SMILES string of the molecule is COc1ccc(CCNC(=O)CC(C)c2ccccc2)cc1. The minimum Gasteiger partial charge on any atom is -0.497 e. The number of carbonyl (C=O) groups excluding carboxylic acids is 1. The molecule has 1 N–H and O–H groups in total. The van der Waals surface area contributed by atoms with Crippen LogP contribution in [0.5, 0.6) is 5.75 Å². The van der Waals surface area contributed by atoms with Crippen LogP contribution in [0.4, 0.5) is 0 Å². The third kappa shape index (κ3) is 4.92. The Labute approximate surface area is 132 Å². The van der Waals surface area contributed by atoms with Gasteiger partial charge in [-0.05, 0) is 35.6 Å². The first-order valence-electron chi connectivity index (χ1n) is 7.63. The fraction of sp³-hybridized carbons (Fsp3) is 0.316. The Morgan fingerprint density at radius 2 is 1.77 bits per heavy atom. The molecule has 3 nitrogen and oxygen atoms in total. The number of ether oxygens (including phenoxy) is 1. The summed E-state index contributed by atoms with van der Waals surface area (Å²) < 4.78 is 5.13. The van der Waals surface area contributed by atoms with Crippen molar-refractivity contribution < 1.29 is 9.53 Å². The van der Waals surface area contributed by atoms with Crippen molar-refractivity contribution in [3.63, 3.8) is 0 Å².